The third kappa shape index (κ3) is 4.67. The molecule has 1 aliphatic carbocycles. The number of nitrogens with zero attached hydrogens (tertiary/aromatic N) is 1. The number of fused-ring (bicyclic) bond motifs is 1. The van der Waals surface area contributed by atoms with E-state index in [9.17, 15) is 13.2 Å². The van der Waals surface area contributed by atoms with Crippen LogP contribution in [0.5, 0.6) is 0 Å². The Labute approximate surface area is 171 Å². The second-order valence-electron chi connectivity index (χ2n) is 7.76. The van der Waals surface area contributed by atoms with Crippen LogP contribution < -0.4 is 10.0 Å². The maximum absolute atomic E-state index is 12.8. The van der Waals surface area contributed by atoms with Crippen molar-refractivity contribution in [1.82, 2.24) is 14.9 Å². The van der Waals surface area contributed by atoms with Gasteiger partial charge in [0.05, 0.1) is 6.04 Å². The molecule has 2 N–H and O–H groups in total. The Kier molecular flexibility index (Phi) is 6.84. The number of nitrogens with one attached hydrogen (secondary N) is 2. The molecule has 3 aliphatic rings. The highest BCUT2D eigenvalue weighted by Crippen LogP contribution is 2.34. The summed E-state index contributed by atoms with van der Waals surface area (Å²) in [4.78, 5) is 14.8. The molecule has 1 saturated carbocycles. The Bertz CT molecular complexity index is 719. The molecule has 27 heavy (non-hydrogen) atoms. The molecule has 4 rings (SSSR count). The number of sulfonamides is 1. The third-order valence-electron chi connectivity index (χ3n) is 6.05. The van der Waals surface area contributed by atoms with Crippen molar-refractivity contribution in [1.29, 1.82) is 0 Å². The molecule has 3 heterocycles. The fraction of sp³-hybridized carbons (Fsp3) is 0.722. The van der Waals surface area contributed by atoms with Crippen molar-refractivity contribution in [3.63, 3.8) is 0 Å². The molecule has 1 amide bonds. The molecule has 3 fully saturated rings. The van der Waals surface area contributed by atoms with Gasteiger partial charge in [-0.2, -0.15) is 0 Å². The van der Waals surface area contributed by atoms with Gasteiger partial charge in [0.1, 0.15) is 4.21 Å². The van der Waals surface area contributed by atoms with Gasteiger partial charge in [0.15, 0.2) is 0 Å². The van der Waals surface area contributed by atoms with Gasteiger partial charge in [-0.3, -0.25) is 4.79 Å². The fourth-order valence-electron chi connectivity index (χ4n) is 4.64. The molecule has 2 saturated heterocycles. The average molecular weight is 434 g/mol. The zero-order chi connectivity index (χ0) is 18.1. The second-order valence-corrected chi connectivity index (χ2v) is 10.6. The molecule has 0 radical (unpaired) electrons. The van der Waals surface area contributed by atoms with Crippen LogP contribution in [-0.4, -0.2) is 50.4 Å². The van der Waals surface area contributed by atoms with E-state index in [1.54, 1.807) is 17.5 Å². The van der Waals surface area contributed by atoms with Crippen LogP contribution in [0.4, 0.5) is 0 Å². The first kappa shape index (κ1) is 21.0. The highest BCUT2D eigenvalue weighted by Gasteiger charge is 2.40. The van der Waals surface area contributed by atoms with Gasteiger partial charge in [0, 0.05) is 25.2 Å². The molecular formula is C18H28ClN3O3S2. The van der Waals surface area contributed by atoms with Crippen molar-refractivity contribution < 1.29 is 13.2 Å². The minimum Gasteiger partial charge on any atom is -0.341 e. The molecule has 152 valence electrons. The summed E-state index contributed by atoms with van der Waals surface area (Å²) in [5, 5.41) is 5.32. The van der Waals surface area contributed by atoms with Gasteiger partial charge in [0.25, 0.3) is 0 Å². The summed E-state index contributed by atoms with van der Waals surface area (Å²) < 4.78 is 27.8. The van der Waals surface area contributed by atoms with E-state index in [-0.39, 0.29) is 30.4 Å². The zero-order valence-electron chi connectivity index (χ0n) is 15.3. The number of hydrogen-bond donors (Lipinski definition) is 2. The first-order valence-corrected chi connectivity index (χ1v) is 12.0. The molecule has 9 heteroatoms. The van der Waals surface area contributed by atoms with Crippen LogP contribution in [0.3, 0.4) is 0 Å². The van der Waals surface area contributed by atoms with E-state index in [0.29, 0.717) is 42.1 Å². The van der Waals surface area contributed by atoms with Crippen LogP contribution in [0.2, 0.25) is 0 Å². The topological polar surface area (TPSA) is 78.5 Å². The predicted octanol–water partition coefficient (Wildman–Crippen LogP) is 2.36. The lowest BCUT2D eigenvalue weighted by Crippen LogP contribution is -2.51. The molecule has 3 atom stereocenters. The number of thiophene rings is 1. The van der Waals surface area contributed by atoms with E-state index in [4.69, 9.17) is 0 Å². The summed E-state index contributed by atoms with van der Waals surface area (Å²) in [5.41, 5.74) is 0. The number of likely N-dealkylation sites (tertiary alicyclic amines) is 1. The molecule has 3 unspecified atom stereocenters. The van der Waals surface area contributed by atoms with Crippen molar-refractivity contribution in [3.05, 3.63) is 17.5 Å². The van der Waals surface area contributed by atoms with Gasteiger partial charge in [-0.05, 0) is 49.5 Å². The van der Waals surface area contributed by atoms with Crippen molar-refractivity contribution >= 4 is 39.7 Å². The van der Waals surface area contributed by atoms with E-state index in [0.717, 1.165) is 6.42 Å². The van der Waals surface area contributed by atoms with Crippen molar-refractivity contribution in [3.8, 4) is 0 Å². The quantitative estimate of drug-likeness (QED) is 0.764. The Morgan fingerprint density at radius 1 is 1.19 bits per heavy atom. The Balaban J connectivity index is 0.00000210. The number of carbonyl (C=O) groups is 1. The van der Waals surface area contributed by atoms with Crippen LogP contribution in [-0.2, 0) is 14.8 Å². The monoisotopic (exact) mass is 433 g/mol. The number of hydrogen-bond acceptors (Lipinski definition) is 5. The van der Waals surface area contributed by atoms with Crippen molar-refractivity contribution in [2.75, 3.05) is 13.1 Å². The van der Waals surface area contributed by atoms with Gasteiger partial charge >= 0.3 is 0 Å². The van der Waals surface area contributed by atoms with E-state index >= 15 is 0 Å². The zero-order valence-corrected chi connectivity index (χ0v) is 17.8. The number of carbonyl (C=O) groups excluding carboxylic acids is 1. The number of piperidine rings is 1. The van der Waals surface area contributed by atoms with Crippen LogP contribution in [0, 0.1) is 5.92 Å². The van der Waals surface area contributed by atoms with E-state index in [2.05, 4.69) is 10.0 Å². The second kappa shape index (κ2) is 8.78. The molecule has 0 spiro atoms. The van der Waals surface area contributed by atoms with Gasteiger partial charge in [-0.15, -0.1) is 23.7 Å². The highest BCUT2D eigenvalue weighted by molar-refractivity contribution is 7.91. The summed E-state index contributed by atoms with van der Waals surface area (Å²) in [7, 11) is -3.43. The molecule has 0 bridgehead atoms. The van der Waals surface area contributed by atoms with E-state index in [1.807, 2.05) is 4.90 Å². The smallest absolute Gasteiger partial charge is 0.250 e. The summed E-state index contributed by atoms with van der Waals surface area (Å²) in [6.45, 7) is 1.26. The lowest BCUT2D eigenvalue weighted by molar-refractivity contribution is -0.134. The Morgan fingerprint density at radius 2 is 1.93 bits per heavy atom. The van der Waals surface area contributed by atoms with Crippen LogP contribution in [0.15, 0.2) is 21.7 Å². The van der Waals surface area contributed by atoms with Crippen LogP contribution in [0.25, 0.3) is 0 Å². The van der Waals surface area contributed by atoms with Gasteiger partial charge in [0.2, 0.25) is 15.9 Å². The highest BCUT2D eigenvalue weighted by atomic mass is 35.5. The van der Waals surface area contributed by atoms with Gasteiger partial charge < -0.3 is 10.2 Å². The minimum absolute atomic E-state index is 0. The maximum Gasteiger partial charge on any atom is 0.250 e. The normalized spacial score (nSPS) is 29.2. The predicted molar refractivity (Wildman–Crippen MR) is 109 cm³/mol. The van der Waals surface area contributed by atoms with E-state index in [1.165, 1.54) is 37.0 Å². The SMILES string of the molecule is Cl.O=C(C1CC2CCCCC2N1)N1CCC(NS(=O)(=O)c2cccs2)CC1. The Hall–Kier alpha value is -0.670. The number of rotatable bonds is 4. The number of halogens is 1. The van der Waals surface area contributed by atoms with Crippen molar-refractivity contribution in [2.24, 2.45) is 5.92 Å². The van der Waals surface area contributed by atoms with Gasteiger partial charge in [-0.1, -0.05) is 18.9 Å². The maximum atomic E-state index is 12.8. The van der Waals surface area contributed by atoms with Crippen LogP contribution >= 0.6 is 23.7 Å². The van der Waals surface area contributed by atoms with Gasteiger partial charge in [-0.25, -0.2) is 13.1 Å². The minimum atomic E-state index is -3.43. The Morgan fingerprint density at radius 3 is 2.59 bits per heavy atom. The average Bonchev–Trinajstić information content (AvgIpc) is 3.31. The third-order valence-corrected chi connectivity index (χ3v) is 8.97. The summed E-state index contributed by atoms with van der Waals surface area (Å²) in [5.74, 6) is 0.867. The molecule has 0 aromatic carbocycles. The lowest BCUT2D eigenvalue weighted by atomic mass is 9.85. The van der Waals surface area contributed by atoms with E-state index < -0.39 is 10.0 Å². The standard InChI is InChI=1S/C18H27N3O3S2.ClH/c22-18(16-12-13-4-1-2-5-15(13)19-16)21-9-7-14(8-10-21)20-26(23,24)17-6-3-11-25-17;/h3,6,11,13-16,19-20H,1-2,4-5,7-10,12H2;1H. The summed E-state index contributed by atoms with van der Waals surface area (Å²) >= 11 is 1.23. The summed E-state index contributed by atoms with van der Waals surface area (Å²) in [6, 6.07) is 3.75. The molecule has 6 nitrogen and oxygen atoms in total. The first-order valence-electron chi connectivity index (χ1n) is 9.63. The largest absolute Gasteiger partial charge is 0.341 e. The number of amides is 1. The summed E-state index contributed by atoms with van der Waals surface area (Å²) in [6.07, 6.45) is 7.32. The molecular weight excluding hydrogens is 406 g/mol. The fourth-order valence-corrected chi connectivity index (χ4v) is 6.96. The molecule has 1 aromatic rings. The molecule has 2 aliphatic heterocycles. The molecule has 1 aromatic heterocycles. The van der Waals surface area contributed by atoms with Crippen LogP contribution in [0.1, 0.15) is 44.9 Å². The van der Waals surface area contributed by atoms with Crippen molar-refractivity contribution in [2.45, 2.75) is 67.3 Å². The first-order chi connectivity index (χ1) is 12.5. The lowest BCUT2D eigenvalue weighted by Gasteiger charge is -2.33.